The summed E-state index contributed by atoms with van der Waals surface area (Å²) in [4.78, 5) is 6.84. The Hall–Kier alpha value is -0.770. The lowest BCUT2D eigenvalue weighted by Crippen LogP contribution is -2.43. The largest absolute Gasteiger partial charge is 0.356 e. The Morgan fingerprint density at radius 2 is 1.89 bits per heavy atom. The van der Waals surface area contributed by atoms with Crippen LogP contribution in [0.25, 0.3) is 0 Å². The van der Waals surface area contributed by atoms with Crippen molar-refractivity contribution < 1.29 is 0 Å². The summed E-state index contributed by atoms with van der Waals surface area (Å²) in [6, 6.07) is 0.853. The molecule has 4 nitrogen and oxygen atoms in total. The summed E-state index contributed by atoms with van der Waals surface area (Å²) in [5.41, 5.74) is 0. The molecule has 0 aromatic rings. The van der Waals surface area contributed by atoms with Crippen LogP contribution in [0.3, 0.4) is 0 Å². The van der Waals surface area contributed by atoms with Crippen molar-refractivity contribution in [2.24, 2.45) is 10.9 Å². The molecule has 0 amide bonds. The fourth-order valence-corrected chi connectivity index (χ4v) is 2.40. The minimum absolute atomic E-state index is 0.747. The normalized spacial score (nSPS) is 16.2. The van der Waals surface area contributed by atoms with Crippen molar-refractivity contribution in [3.8, 4) is 0 Å². The standard InChI is InChI=1S/C15H32N4/c1-5-13(6-2)12-18-15(16-4)17-10-11-19(7-3)14-8-9-14/h13-14H,5-12H2,1-4H3,(H2,16,17,18). The minimum Gasteiger partial charge on any atom is -0.356 e. The van der Waals surface area contributed by atoms with E-state index in [4.69, 9.17) is 0 Å². The highest BCUT2D eigenvalue weighted by Gasteiger charge is 2.27. The second kappa shape index (κ2) is 9.18. The number of hydrogen-bond donors (Lipinski definition) is 2. The van der Waals surface area contributed by atoms with Gasteiger partial charge in [-0.05, 0) is 25.3 Å². The van der Waals surface area contributed by atoms with Gasteiger partial charge in [-0.2, -0.15) is 0 Å². The van der Waals surface area contributed by atoms with Crippen molar-refractivity contribution in [3.05, 3.63) is 0 Å². The van der Waals surface area contributed by atoms with Crippen LogP contribution in [0, 0.1) is 5.92 Å². The maximum absolute atomic E-state index is 4.29. The highest BCUT2D eigenvalue weighted by Crippen LogP contribution is 2.25. The first-order valence-electron chi connectivity index (χ1n) is 7.93. The average Bonchev–Trinajstić information content (AvgIpc) is 3.26. The van der Waals surface area contributed by atoms with E-state index in [0.717, 1.165) is 44.1 Å². The molecule has 1 saturated carbocycles. The van der Waals surface area contributed by atoms with E-state index < -0.39 is 0 Å². The van der Waals surface area contributed by atoms with Crippen LogP contribution in [-0.4, -0.2) is 50.1 Å². The van der Waals surface area contributed by atoms with E-state index in [0.29, 0.717) is 0 Å². The summed E-state index contributed by atoms with van der Waals surface area (Å²) in [7, 11) is 1.85. The van der Waals surface area contributed by atoms with E-state index in [2.05, 4.69) is 41.3 Å². The predicted octanol–water partition coefficient (Wildman–Crippen LogP) is 2.07. The molecule has 0 spiro atoms. The van der Waals surface area contributed by atoms with Gasteiger partial charge in [-0.15, -0.1) is 0 Å². The zero-order valence-electron chi connectivity index (χ0n) is 13.2. The van der Waals surface area contributed by atoms with Gasteiger partial charge in [0.2, 0.25) is 0 Å². The van der Waals surface area contributed by atoms with Gasteiger partial charge >= 0.3 is 0 Å². The lowest BCUT2D eigenvalue weighted by molar-refractivity contribution is 0.282. The maximum Gasteiger partial charge on any atom is 0.191 e. The van der Waals surface area contributed by atoms with E-state index in [1.165, 1.54) is 25.7 Å². The van der Waals surface area contributed by atoms with E-state index in [1.54, 1.807) is 0 Å². The Morgan fingerprint density at radius 1 is 1.21 bits per heavy atom. The van der Waals surface area contributed by atoms with Crippen LogP contribution >= 0.6 is 0 Å². The Kier molecular flexibility index (Phi) is 7.87. The lowest BCUT2D eigenvalue weighted by Gasteiger charge is -2.21. The van der Waals surface area contributed by atoms with Crippen LogP contribution < -0.4 is 10.6 Å². The van der Waals surface area contributed by atoms with Crippen molar-refractivity contribution in [2.75, 3.05) is 33.2 Å². The number of hydrogen-bond acceptors (Lipinski definition) is 2. The van der Waals surface area contributed by atoms with Gasteiger partial charge in [0, 0.05) is 32.7 Å². The monoisotopic (exact) mass is 268 g/mol. The molecule has 1 aliphatic carbocycles. The summed E-state index contributed by atoms with van der Waals surface area (Å²) in [6.07, 6.45) is 5.22. The molecule has 0 aromatic heterocycles. The number of nitrogens with zero attached hydrogens (tertiary/aromatic N) is 2. The first-order chi connectivity index (χ1) is 9.24. The van der Waals surface area contributed by atoms with Gasteiger partial charge in [0.1, 0.15) is 0 Å². The summed E-state index contributed by atoms with van der Waals surface area (Å²) >= 11 is 0. The van der Waals surface area contributed by atoms with Crippen molar-refractivity contribution >= 4 is 5.96 Å². The quantitative estimate of drug-likeness (QED) is 0.497. The SMILES string of the molecule is CCC(CC)CNC(=NC)NCCN(CC)C1CC1. The number of aliphatic imine (C=N–C) groups is 1. The minimum atomic E-state index is 0.747. The molecular formula is C15H32N4. The number of nitrogens with one attached hydrogen (secondary N) is 2. The third-order valence-corrected chi connectivity index (χ3v) is 4.10. The van der Waals surface area contributed by atoms with E-state index in [-0.39, 0.29) is 0 Å². The Labute approximate surface area is 119 Å². The maximum atomic E-state index is 4.29. The summed E-state index contributed by atoms with van der Waals surface area (Å²) < 4.78 is 0. The zero-order valence-corrected chi connectivity index (χ0v) is 13.2. The highest BCUT2D eigenvalue weighted by molar-refractivity contribution is 5.79. The van der Waals surface area contributed by atoms with E-state index in [9.17, 15) is 0 Å². The number of guanidine groups is 1. The molecule has 4 heteroatoms. The molecule has 0 unspecified atom stereocenters. The summed E-state index contributed by atoms with van der Waals surface area (Å²) in [5.74, 6) is 1.69. The number of likely N-dealkylation sites (N-methyl/N-ethyl adjacent to an activating group) is 1. The Balaban J connectivity index is 2.17. The van der Waals surface area contributed by atoms with Crippen molar-refractivity contribution in [3.63, 3.8) is 0 Å². The molecule has 0 radical (unpaired) electrons. The van der Waals surface area contributed by atoms with Gasteiger partial charge in [-0.3, -0.25) is 9.89 Å². The van der Waals surface area contributed by atoms with Crippen molar-refractivity contribution in [1.29, 1.82) is 0 Å². The number of rotatable bonds is 9. The van der Waals surface area contributed by atoms with Crippen molar-refractivity contribution in [2.45, 2.75) is 52.5 Å². The molecule has 19 heavy (non-hydrogen) atoms. The molecule has 0 atom stereocenters. The van der Waals surface area contributed by atoms with Gasteiger partial charge in [0.25, 0.3) is 0 Å². The molecule has 0 bridgehead atoms. The topological polar surface area (TPSA) is 39.7 Å². The van der Waals surface area contributed by atoms with Crippen LogP contribution in [0.2, 0.25) is 0 Å². The molecule has 0 aliphatic heterocycles. The Morgan fingerprint density at radius 3 is 2.37 bits per heavy atom. The summed E-state index contributed by atoms with van der Waals surface area (Å²) in [6.45, 7) is 11.0. The second-order valence-electron chi connectivity index (χ2n) is 5.42. The van der Waals surface area contributed by atoms with Crippen LogP contribution in [0.5, 0.6) is 0 Å². The van der Waals surface area contributed by atoms with E-state index >= 15 is 0 Å². The first kappa shape index (κ1) is 16.3. The lowest BCUT2D eigenvalue weighted by atomic mass is 10.0. The van der Waals surface area contributed by atoms with Crippen LogP contribution in [-0.2, 0) is 0 Å². The van der Waals surface area contributed by atoms with E-state index in [1.807, 2.05) is 7.05 Å². The first-order valence-corrected chi connectivity index (χ1v) is 7.93. The van der Waals surface area contributed by atoms with Crippen LogP contribution in [0.1, 0.15) is 46.5 Å². The molecule has 0 heterocycles. The predicted molar refractivity (Wildman–Crippen MR) is 83.7 cm³/mol. The van der Waals surface area contributed by atoms with Gasteiger partial charge in [-0.1, -0.05) is 33.6 Å². The van der Waals surface area contributed by atoms with Crippen molar-refractivity contribution in [1.82, 2.24) is 15.5 Å². The molecular weight excluding hydrogens is 236 g/mol. The fraction of sp³-hybridized carbons (Fsp3) is 0.933. The molecule has 0 aromatic carbocycles. The van der Waals surface area contributed by atoms with Gasteiger partial charge in [0.05, 0.1) is 0 Å². The van der Waals surface area contributed by atoms with Gasteiger partial charge in [0.15, 0.2) is 5.96 Å². The molecule has 0 saturated heterocycles. The van der Waals surface area contributed by atoms with Gasteiger partial charge < -0.3 is 10.6 Å². The van der Waals surface area contributed by atoms with Crippen LogP contribution in [0.15, 0.2) is 4.99 Å². The van der Waals surface area contributed by atoms with Gasteiger partial charge in [-0.25, -0.2) is 0 Å². The molecule has 1 fully saturated rings. The van der Waals surface area contributed by atoms with Crippen LogP contribution in [0.4, 0.5) is 0 Å². The molecule has 1 aliphatic rings. The molecule has 2 N–H and O–H groups in total. The fourth-order valence-electron chi connectivity index (χ4n) is 2.40. The zero-order chi connectivity index (χ0) is 14.1. The smallest absolute Gasteiger partial charge is 0.191 e. The Bertz CT molecular complexity index is 257. The second-order valence-corrected chi connectivity index (χ2v) is 5.42. The third-order valence-electron chi connectivity index (χ3n) is 4.10. The molecule has 1 rings (SSSR count). The highest BCUT2D eigenvalue weighted by atomic mass is 15.2. The third kappa shape index (κ3) is 6.28. The summed E-state index contributed by atoms with van der Waals surface area (Å²) in [5, 5.41) is 6.85. The molecule has 112 valence electrons. The average molecular weight is 268 g/mol.